The van der Waals surface area contributed by atoms with Crippen LogP contribution in [0.1, 0.15) is 17.1 Å². The second-order valence-corrected chi connectivity index (χ2v) is 3.04. The van der Waals surface area contributed by atoms with Gasteiger partial charge in [-0.05, 0) is 32.4 Å². The molecule has 0 unspecified atom stereocenters. The van der Waals surface area contributed by atoms with Gasteiger partial charge in [0.05, 0.1) is 11.2 Å². The minimum atomic E-state index is 0.815. The monoisotopic (exact) mass is 161 g/mol. The largest absolute Gasteiger partial charge is 0.237 e. The Morgan fingerprint density at radius 1 is 1.25 bits per heavy atom. The summed E-state index contributed by atoms with van der Waals surface area (Å²) in [6.07, 6.45) is 1.96. The molecular formula is C9H11N3. The van der Waals surface area contributed by atoms with Crippen LogP contribution in [0.2, 0.25) is 0 Å². The molecule has 0 spiro atoms. The Balaban J connectivity index is 2.93. The molecule has 0 amide bonds. The van der Waals surface area contributed by atoms with Gasteiger partial charge in [-0.3, -0.25) is 0 Å². The van der Waals surface area contributed by atoms with Crippen LogP contribution in [-0.2, 0) is 0 Å². The SMILES string of the molecule is Cc1nc(C)c2c(C)ccn2n1. The van der Waals surface area contributed by atoms with Crippen molar-refractivity contribution < 1.29 is 0 Å². The van der Waals surface area contributed by atoms with Crippen LogP contribution in [0.5, 0.6) is 0 Å². The molecule has 0 saturated carbocycles. The van der Waals surface area contributed by atoms with Crippen LogP contribution >= 0.6 is 0 Å². The van der Waals surface area contributed by atoms with E-state index in [1.165, 1.54) is 5.56 Å². The molecule has 62 valence electrons. The van der Waals surface area contributed by atoms with E-state index in [1.54, 1.807) is 0 Å². The zero-order valence-corrected chi connectivity index (χ0v) is 7.50. The highest BCUT2D eigenvalue weighted by Crippen LogP contribution is 2.12. The van der Waals surface area contributed by atoms with E-state index in [4.69, 9.17) is 0 Å². The van der Waals surface area contributed by atoms with Gasteiger partial charge in [-0.1, -0.05) is 0 Å². The van der Waals surface area contributed by atoms with Gasteiger partial charge < -0.3 is 0 Å². The van der Waals surface area contributed by atoms with E-state index in [0.717, 1.165) is 17.0 Å². The summed E-state index contributed by atoms with van der Waals surface area (Å²) in [6, 6.07) is 2.05. The van der Waals surface area contributed by atoms with Gasteiger partial charge in [-0.15, -0.1) is 0 Å². The summed E-state index contributed by atoms with van der Waals surface area (Å²) in [5.41, 5.74) is 3.40. The zero-order chi connectivity index (χ0) is 8.72. The number of hydrogen-bond donors (Lipinski definition) is 0. The van der Waals surface area contributed by atoms with Gasteiger partial charge in [0.25, 0.3) is 0 Å². The van der Waals surface area contributed by atoms with E-state index in [0.29, 0.717) is 0 Å². The van der Waals surface area contributed by atoms with Crippen molar-refractivity contribution >= 4 is 5.52 Å². The van der Waals surface area contributed by atoms with Gasteiger partial charge >= 0.3 is 0 Å². The third-order valence-corrected chi connectivity index (χ3v) is 1.99. The van der Waals surface area contributed by atoms with Crippen LogP contribution in [0.25, 0.3) is 5.52 Å². The number of fused-ring (bicyclic) bond motifs is 1. The van der Waals surface area contributed by atoms with Crippen molar-refractivity contribution in [2.24, 2.45) is 0 Å². The van der Waals surface area contributed by atoms with E-state index in [9.17, 15) is 0 Å². The van der Waals surface area contributed by atoms with Crippen LogP contribution in [0.3, 0.4) is 0 Å². The fraction of sp³-hybridized carbons (Fsp3) is 0.333. The Labute approximate surface area is 71.1 Å². The number of rotatable bonds is 0. The van der Waals surface area contributed by atoms with Crippen molar-refractivity contribution in [2.45, 2.75) is 20.8 Å². The predicted octanol–water partition coefficient (Wildman–Crippen LogP) is 1.65. The Morgan fingerprint density at radius 3 is 2.75 bits per heavy atom. The maximum atomic E-state index is 4.30. The molecule has 2 aromatic heterocycles. The molecular weight excluding hydrogens is 150 g/mol. The highest BCUT2D eigenvalue weighted by Gasteiger charge is 2.03. The average molecular weight is 161 g/mol. The van der Waals surface area contributed by atoms with Crippen LogP contribution in [0.15, 0.2) is 12.3 Å². The quantitative estimate of drug-likeness (QED) is 0.588. The van der Waals surface area contributed by atoms with Crippen molar-refractivity contribution in [3.63, 3.8) is 0 Å². The number of aromatic nitrogens is 3. The third-order valence-electron chi connectivity index (χ3n) is 1.99. The fourth-order valence-corrected chi connectivity index (χ4v) is 1.52. The van der Waals surface area contributed by atoms with Crippen LogP contribution in [0, 0.1) is 20.8 Å². The second-order valence-electron chi connectivity index (χ2n) is 3.04. The molecule has 0 aliphatic rings. The Kier molecular flexibility index (Phi) is 1.40. The third kappa shape index (κ3) is 0.897. The van der Waals surface area contributed by atoms with Crippen molar-refractivity contribution in [2.75, 3.05) is 0 Å². The molecule has 0 bridgehead atoms. The first-order valence-electron chi connectivity index (χ1n) is 3.97. The van der Waals surface area contributed by atoms with Crippen molar-refractivity contribution in [3.8, 4) is 0 Å². The van der Waals surface area contributed by atoms with Crippen LogP contribution in [-0.4, -0.2) is 14.6 Å². The Morgan fingerprint density at radius 2 is 2.00 bits per heavy atom. The molecule has 0 aromatic carbocycles. The maximum Gasteiger partial charge on any atom is 0.146 e. The molecule has 12 heavy (non-hydrogen) atoms. The summed E-state index contributed by atoms with van der Waals surface area (Å²) in [4.78, 5) is 4.30. The average Bonchev–Trinajstić information content (AvgIpc) is 2.31. The minimum absolute atomic E-state index is 0.815. The van der Waals surface area contributed by atoms with E-state index in [2.05, 4.69) is 23.1 Å². The van der Waals surface area contributed by atoms with Crippen molar-refractivity contribution in [1.29, 1.82) is 0 Å². The van der Waals surface area contributed by atoms with Gasteiger partial charge in [0.1, 0.15) is 5.82 Å². The van der Waals surface area contributed by atoms with Crippen LogP contribution in [0.4, 0.5) is 0 Å². The zero-order valence-electron chi connectivity index (χ0n) is 7.50. The van der Waals surface area contributed by atoms with E-state index in [1.807, 2.05) is 24.6 Å². The minimum Gasteiger partial charge on any atom is -0.237 e. The molecule has 0 aliphatic carbocycles. The van der Waals surface area contributed by atoms with Crippen molar-refractivity contribution in [1.82, 2.24) is 14.6 Å². The smallest absolute Gasteiger partial charge is 0.146 e. The van der Waals surface area contributed by atoms with E-state index >= 15 is 0 Å². The van der Waals surface area contributed by atoms with E-state index in [-0.39, 0.29) is 0 Å². The molecule has 0 aliphatic heterocycles. The van der Waals surface area contributed by atoms with Crippen molar-refractivity contribution in [3.05, 3.63) is 29.3 Å². The lowest BCUT2D eigenvalue weighted by atomic mass is 10.3. The molecule has 3 nitrogen and oxygen atoms in total. The Hall–Kier alpha value is -1.38. The van der Waals surface area contributed by atoms with Gasteiger partial charge in [0.15, 0.2) is 0 Å². The summed E-state index contributed by atoms with van der Waals surface area (Å²) in [6.45, 7) is 5.99. The molecule has 2 aromatic rings. The number of hydrogen-bond acceptors (Lipinski definition) is 2. The molecule has 0 atom stereocenters. The first kappa shape index (κ1) is 7.28. The fourth-order valence-electron chi connectivity index (χ4n) is 1.52. The summed E-state index contributed by atoms with van der Waals surface area (Å²) < 4.78 is 1.88. The predicted molar refractivity (Wildman–Crippen MR) is 47.2 cm³/mol. The van der Waals surface area contributed by atoms with Gasteiger partial charge in [-0.25, -0.2) is 9.50 Å². The summed E-state index contributed by atoms with van der Waals surface area (Å²) in [5.74, 6) is 0.815. The molecule has 0 N–H and O–H groups in total. The van der Waals surface area contributed by atoms with Crippen LogP contribution < -0.4 is 0 Å². The Bertz CT molecular complexity index is 429. The summed E-state index contributed by atoms with van der Waals surface area (Å²) in [5, 5.41) is 4.26. The summed E-state index contributed by atoms with van der Waals surface area (Å²) in [7, 11) is 0. The highest BCUT2D eigenvalue weighted by atomic mass is 15.2. The van der Waals surface area contributed by atoms with Gasteiger partial charge in [0.2, 0.25) is 0 Å². The van der Waals surface area contributed by atoms with E-state index < -0.39 is 0 Å². The lowest BCUT2D eigenvalue weighted by Crippen LogP contribution is -1.99. The van der Waals surface area contributed by atoms with Gasteiger partial charge in [0, 0.05) is 6.20 Å². The van der Waals surface area contributed by atoms with Gasteiger partial charge in [-0.2, -0.15) is 5.10 Å². The topological polar surface area (TPSA) is 30.2 Å². The maximum absolute atomic E-state index is 4.30. The summed E-state index contributed by atoms with van der Waals surface area (Å²) >= 11 is 0. The molecule has 0 saturated heterocycles. The lowest BCUT2D eigenvalue weighted by Gasteiger charge is -2.00. The number of aryl methyl sites for hydroxylation is 3. The molecule has 3 heteroatoms. The lowest BCUT2D eigenvalue weighted by molar-refractivity contribution is 0.840. The highest BCUT2D eigenvalue weighted by molar-refractivity contribution is 5.57. The second kappa shape index (κ2) is 2.30. The first-order valence-corrected chi connectivity index (χ1v) is 3.97. The standard InChI is InChI=1S/C9H11N3/c1-6-4-5-12-9(6)7(2)10-8(3)11-12/h4-5H,1-3H3. The molecule has 2 heterocycles. The number of nitrogens with zero attached hydrogens (tertiary/aromatic N) is 3. The molecule has 2 rings (SSSR count). The molecule has 0 radical (unpaired) electrons. The molecule has 0 fully saturated rings. The normalized spacial score (nSPS) is 10.9. The first-order chi connectivity index (χ1) is 5.68.